The topological polar surface area (TPSA) is 79.1 Å². The predicted molar refractivity (Wildman–Crippen MR) is 129 cm³/mol. The first kappa shape index (κ1) is 22.2. The molecule has 0 radical (unpaired) electrons. The zero-order valence-corrected chi connectivity index (χ0v) is 19.9. The lowest BCUT2D eigenvalue weighted by Crippen LogP contribution is -2.58. The van der Waals surface area contributed by atoms with E-state index in [0.29, 0.717) is 12.6 Å². The maximum atomic E-state index is 14.3. The van der Waals surface area contributed by atoms with Gasteiger partial charge in [0.1, 0.15) is 18.0 Å². The molecule has 1 atom stereocenters. The van der Waals surface area contributed by atoms with Gasteiger partial charge in [-0.3, -0.25) is 4.90 Å². The number of carbonyl (C=O) groups excluding carboxylic acids is 1. The highest BCUT2D eigenvalue weighted by Gasteiger charge is 2.51. The van der Waals surface area contributed by atoms with Crippen LogP contribution in [0.5, 0.6) is 0 Å². The number of hydrogen-bond acceptors (Lipinski definition) is 7. The molecule has 2 saturated heterocycles. The van der Waals surface area contributed by atoms with Crippen molar-refractivity contribution < 1.29 is 13.9 Å². The maximum Gasteiger partial charge on any atom is 0.409 e. The summed E-state index contributed by atoms with van der Waals surface area (Å²) < 4.78 is 21.1. The lowest BCUT2D eigenvalue weighted by Gasteiger charge is -2.48. The summed E-state index contributed by atoms with van der Waals surface area (Å²) in [7, 11) is 0. The smallest absolute Gasteiger partial charge is 0.409 e. The van der Waals surface area contributed by atoms with E-state index in [1.165, 1.54) is 31.4 Å². The van der Waals surface area contributed by atoms with Crippen LogP contribution < -0.4 is 4.90 Å². The number of nitrogens with zero attached hydrogens (tertiary/aromatic N) is 7. The van der Waals surface area contributed by atoms with Gasteiger partial charge >= 0.3 is 6.09 Å². The number of carbonyl (C=O) groups is 1. The second-order valence-corrected chi connectivity index (χ2v) is 9.94. The standard InChI is InChI=1S/C25H30FN7O2/c1-2-35-24(34)32-15-25(16-32)7-6-19(13-25)30-8-10-31(11-9-30)23-20(12-18(26)14-27-23)21-4-3-5-22-28-17-29-33(21)22/h3-5,12,14,17,19H,2,6-11,13,15-16H2,1H3/t19-/m1/s1. The van der Waals surface area contributed by atoms with Crippen LogP contribution in [0.3, 0.4) is 0 Å². The molecule has 0 unspecified atom stereocenters. The third-order valence-corrected chi connectivity index (χ3v) is 7.80. The Balaban J connectivity index is 1.13. The summed E-state index contributed by atoms with van der Waals surface area (Å²) in [4.78, 5) is 27.4. The van der Waals surface area contributed by atoms with Gasteiger partial charge in [-0.15, -0.1) is 0 Å². The van der Waals surface area contributed by atoms with E-state index in [1.807, 2.05) is 30.0 Å². The van der Waals surface area contributed by atoms with Gasteiger partial charge < -0.3 is 14.5 Å². The highest BCUT2D eigenvalue weighted by Crippen LogP contribution is 2.47. The molecule has 0 bridgehead atoms. The van der Waals surface area contributed by atoms with Crippen LogP contribution in [0.1, 0.15) is 26.2 Å². The second kappa shape index (κ2) is 8.75. The van der Waals surface area contributed by atoms with Crippen LogP contribution in [0, 0.1) is 11.2 Å². The Bertz CT molecular complexity index is 1230. The van der Waals surface area contributed by atoms with Crippen molar-refractivity contribution in [2.75, 3.05) is 50.8 Å². The van der Waals surface area contributed by atoms with E-state index in [2.05, 4.69) is 24.9 Å². The van der Waals surface area contributed by atoms with Crippen molar-refractivity contribution in [3.05, 3.63) is 42.6 Å². The van der Waals surface area contributed by atoms with Gasteiger partial charge in [0.25, 0.3) is 0 Å². The van der Waals surface area contributed by atoms with E-state index in [1.54, 1.807) is 4.52 Å². The van der Waals surface area contributed by atoms with E-state index in [4.69, 9.17) is 4.74 Å². The van der Waals surface area contributed by atoms with Crippen molar-refractivity contribution in [3.63, 3.8) is 0 Å². The first-order valence-electron chi connectivity index (χ1n) is 12.4. The number of anilines is 1. The van der Waals surface area contributed by atoms with Gasteiger partial charge in [-0.05, 0) is 44.4 Å². The maximum absolute atomic E-state index is 14.3. The quantitative estimate of drug-likeness (QED) is 0.569. The lowest BCUT2D eigenvalue weighted by molar-refractivity contribution is -0.00294. The molecule has 3 aromatic rings. The zero-order valence-electron chi connectivity index (χ0n) is 19.9. The number of ether oxygens (including phenoxy) is 1. The van der Waals surface area contributed by atoms with E-state index < -0.39 is 0 Å². The van der Waals surface area contributed by atoms with Crippen LogP contribution in [-0.2, 0) is 4.74 Å². The first-order valence-corrected chi connectivity index (χ1v) is 12.4. The van der Waals surface area contributed by atoms with Crippen LogP contribution >= 0.6 is 0 Å². The van der Waals surface area contributed by atoms with Crippen molar-refractivity contribution in [1.29, 1.82) is 0 Å². The van der Waals surface area contributed by atoms with Gasteiger partial charge in [-0.2, -0.15) is 5.10 Å². The van der Waals surface area contributed by atoms with Crippen LogP contribution in [0.15, 0.2) is 36.8 Å². The highest BCUT2D eigenvalue weighted by atomic mass is 19.1. The number of rotatable bonds is 4. The molecule has 0 aromatic carbocycles. The Morgan fingerprint density at radius 3 is 2.83 bits per heavy atom. The average Bonchev–Trinajstić information content (AvgIpc) is 3.51. The third-order valence-electron chi connectivity index (χ3n) is 7.80. The molecule has 1 aliphatic carbocycles. The number of pyridine rings is 2. The Morgan fingerprint density at radius 2 is 2.03 bits per heavy atom. The second-order valence-electron chi connectivity index (χ2n) is 9.94. The largest absolute Gasteiger partial charge is 0.450 e. The number of fused-ring (bicyclic) bond motifs is 1. The Labute approximate surface area is 203 Å². The monoisotopic (exact) mass is 479 g/mol. The van der Waals surface area contributed by atoms with Gasteiger partial charge in [-0.25, -0.2) is 23.7 Å². The normalized spacial score (nSPS) is 22.1. The van der Waals surface area contributed by atoms with Crippen LogP contribution in [0.4, 0.5) is 15.0 Å². The number of hydrogen-bond donors (Lipinski definition) is 0. The number of piperazine rings is 1. The molecular weight excluding hydrogens is 449 g/mol. The summed E-state index contributed by atoms with van der Waals surface area (Å²) in [6.07, 6.45) is 6.09. The molecule has 2 aliphatic heterocycles. The van der Waals surface area contributed by atoms with Crippen molar-refractivity contribution in [2.45, 2.75) is 32.2 Å². The van der Waals surface area contributed by atoms with Gasteiger partial charge in [-0.1, -0.05) is 6.07 Å². The van der Waals surface area contributed by atoms with Crippen molar-refractivity contribution >= 4 is 17.6 Å². The molecular formula is C25H30FN7O2. The molecule has 3 aliphatic rings. The minimum absolute atomic E-state index is 0.181. The molecule has 1 saturated carbocycles. The minimum Gasteiger partial charge on any atom is -0.450 e. The van der Waals surface area contributed by atoms with E-state index in [9.17, 15) is 9.18 Å². The molecule has 9 nitrogen and oxygen atoms in total. The van der Waals surface area contributed by atoms with E-state index in [-0.39, 0.29) is 17.3 Å². The van der Waals surface area contributed by atoms with E-state index >= 15 is 0 Å². The summed E-state index contributed by atoms with van der Waals surface area (Å²) in [5, 5.41) is 4.33. The molecule has 184 valence electrons. The van der Waals surface area contributed by atoms with Crippen molar-refractivity contribution in [1.82, 2.24) is 29.4 Å². The van der Waals surface area contributed by atoms with Crippen molar-refractivity contribution in [3.8, 4) is 11.3 Å². The number of amides is 1. The Kier molecular flexibility index (Phi) is 5.55. The number of halogens is 1. The van der Waals surface area contributed by atoms with Gasteiger partial charge in [0.15, 0.2) is 5.65 Å². The highest BCUT2D eigenvalue weighted by molar-refractivity contribution is 5.75. The minimum atomic E-state index is -0.367. The molecule has 35 heavy (non-hydrogen) atoms. The van der Waals surface area contributed by atoms with Crippen molar-refractivity contribution in [2.24, 2.45) is 5.41 Å². The summed E-state index contributed by atoms with van der Waals surface area (Å²) in [5.74, 6) is 0.411. The fraction of sp³-hybridized carbons (Fsp3) is 0.520. The average molecular weight is 480 g/mol. The summed E-state index contributed by atoms with van der Waals surface area (Å²) >= 11 is 0. The predicted octanol–water partition coefficient (Wildman–Crippen LogP) is 3.06. The van der Waals surface area contributed by atoms with E-state index in [0.717, 1.165) is 68.4 Å². The molecule has 10 heteroatoms. The fourth-order valence-electron chi connectivity index (χ4n) is 6.10. The zero-order chi connectivity index (χ0) is 24.0. The molecule has 3 fully saturated rings. The molecule has 1 amide bonds. The Hall–Kier alpha value is -3.27. The fourth-order valence-corrected chi connectivity index (χ4v) is 6.10. The summed E-state index contributed by atoms with van der Waals surface area (Å²) in [6, 6.07) is 7.80. The number of aromatic nitrogens is 4. The number of likely N-dealkylation sites (tertiary alicyclic amines) is 1. The van der Waals surface area contributed by atoms with Gasteiger partial charge in [0, 0.05) is 56.3 Å². The molecule has 3 aromatic heterocycles. The third kappa shape index (κ3) is 3.99. The van der Waals surface area contributed by atoms with Crippen LogP contribution in [0.2, 0.25) is 0 Å². The SMILES string of the molecule is CCOC(=O)N1CC2(CC[C@@H](N3CCN(c4ncc(F)cc4-c4cccc5ncnn45)CC3)C2)C1. The lowest BCUT2D eigenvalue weighted by atomic mass is 9.78. The van der Waals surface area contributed by atoms with Crippen LogP contribution in [-0.4, -0.2) is 87.4 Å². The molecule has 5 heterocycles. The Morgan fingerprint density at radius 1 is 1.20 bits per heavy atom. The van der Waals surface area contributed by atoms with Gasteiger partial charge in [0.05, 0.1) is 18.5 Å². The van der Waals surface area contributed by atoms with Crippen LogP contribution in [0.25, 0.3) is 16.9 Å². The molecule has 1 spiro atoms. The van der Waals surface area contributed by atoms with Gasteiger partial charge in [0.2, 0.25) is 0 Å². The molecule has 6 rings (SSSR count). The first-order chi connectivity index (χ1) is 17.0. The summed E-state index contributed by atoms with van der Waals surface area (Å²) in [6.45, 7) is 7.45. The summed E-state index contributed by atoms with van der Waals surface area (Å²) in [5.41, 5.74) is 2.48. The molecule has 0 N–H and O–H groups in total.